The zero-order valence-electron chi connectivity index (χ0n) is 12.8. The van der Waals surface area contributed by atoms with Crippen molar-refractivity contribution < 1.29 is 4.79 Å². The minimum Gasteiger partial charge on any atom is -0.303 e. The van der Waals surface area contributed by atoms with Crippen LogP contribution < -0.4 is 0 Å². The predicted octanol–water partition coefficient (Wildman–Crippen LogP) is 4.21. The molecule has 0 atom stereocenters. The van der Waals surface area contributed by atoms with E-state index in [2.05, 4.69) is 30.0 Å². The first-order valence-corrected chi connectivity index (χ1v) is 7.99. The minimum absolute atomic E-state index is 0.275. The van der Waals surface area contributed by atoms with Crippen molar-refractivity contribution in [1.82, 2.24) is 4.90 Å². The molecule has 0 amide bonds. The van der Waals surface area contributed by atoms with Crippen LogP contribution in [0.4, 0.5) is 0 Å². The Morgan fingerprint density at radius 2 is 1.71 bits per heavy atom. The van der Waals surface area contributed by atoms with Crippen LogP contribution in [0.3, 0.4) is 0 Å². The molecule has 3 rings (SSSR count). The number of rotatable bonds is 4. The molecule has 110 valence electrons. The van der Waals surface area contributed by atoms with Gasteiger partial charge in [-0.25, -0.2) is 0 Å². The van der Waals surface area contributed by atoms with E-state index in [1.807, 2.05) is 18.2 Å². The van der Waals surface area contributed by atoms with E-state index in [1.165, 1.54) is 30.2 Å². The molecule has 0 unspecified atom stereocenters. The van der Waals surface area contributed by atoms with E-state index >= 15 is 0 Å². The summed E-state index contributed by atoms with van der Waals surface area (Å²) in [5.74, 6) is 0.275. The summed E-state index contributed by atoms with van der Waals surface area (Å²) < 4.78 is 0. The fraction of sp³-hybridized carbons (Fsp3) is 0.421. The number of hydrogen-bond acceptors (Lipinski definition) is 2. The van der Waals surface area contributed by atoms with Gasteiger partial charge in [0.2, 0.25) is 0 Å². The van der Waals surface area contributed by atoms with E-state index < -0.39 is 0 Å². The van der Waals surface area contributed by atoms with Gasteiger partial charge >= 0.3 is 0 Å². The van der Waals surface area contributed by atoms with Crippen LogP contribution in [0.5, 0.6) is 0 Å². The maximum Gasteiger partial charge on any atom is 0.164 e. The number of likely N-dealkylation sites (tertiary alicyclic amines) is 1. The Hall–Kier alpha value is -1.67. The van der Waals surface area contributed by atoms with Gasteiger partial charge in [0.1, 0.15) is 0 Å². The first-order valence-electron chi connectivity index (χ1n) is 7.99. The molecule has 0 saturated carbocycles. The predicted molar refractivity (Wildman–Crippen MR) is 87.9 cm³/mol. The highest BCUT2D eigenvalue weighted by atomic mass is 16.1. The van der Waals surface area contributed by atoms with Crippen LogP contribution in [0.1, 0.15) is 41.6 Å². The van der Waals surface area contributed by atoms with Crippen molar-refractivity contribution in [2.75, 3.05) is 19.6 Å². The third kappa shape index (κ3) is 3.16. The molecular formula is C19H23NO. The van der Waals surface area contributed by atoms with Crippen LogP contribution in [-0.2, 0) is 0 Å². The Kier molecular flexibility index (Phi) is 4.35. The molecule has 1 aliphatic heterocycles. The third-order valence-corrected chi connectivity index (χ3v) is 4.55. The van der Waals surface area contributed by atoms with Gasteiger partial charge in [-0.2, -0.15) is 0 Å². The van der Waals surface area contributed by atoms with Crippen LogP contribution >= 0.6 is 0 Å². The van der Waals surface area contributed by atoms with Crippen molar-refractivity contribution in [1.29, 1.82) is 0 Å². The molecule has 21 heavy (non-hydrogen) atoms. The Labute approximate surface area is 126 Å². The zero-order valence-corrected chi connectivity index (χ0v) is 12.8. The maximum absolute atomic E-state index is 12.6. The summed E-state index contributed by atoms with van der Waals surface area (Å²) in [4.78, 5) is 15.0. The van der Waals surface area contributed by atoms with Gasteiger partial charge in [-0.3, -0.25) is 4.79 Å². The summed E-state index contributed by atoms with van der Waals surface area (Å²) in [5.41, 5.74) is 2.12. The topological polar surface area (TPSA) is 20.3 Å². The van der Waals surface area contributed by atoms with Crippen LogP contribution in [0.15, 0.2) is 36.4 Å². The van der Waals surface area contributed by atoms with Crippen LogP contribution in [0.2, 0.25) is 0 Å². The van der Waals surface area contributed by atoms with Gasteiger partial charge in [-0.05, 0) is 49.2 Å². The molecule has 2 nitrogen and oxygen atoms in total. The first-order chi connectivity index (χ1) is 10.3. The standard InChI is InChI=1S/C19H23NO/c1-15-9-10-18(17-8-4-3-7-16(15)17)19(21)11-14-20-12-5-2-6-13-20/h3-4,7-10H,2,5-6,11-14H2,1H3. The quantitative estimate of drug-likeness (QED) is 0.783. The lowest BCUT2D eigenvalue weighted by Crippen LogP contribution is -2.31. The third-order valence-electron chi connectivity index (χ3n) is 4.55. The molecule has 1 saturated heterocycles. The second-order valence-corrected chi connectivity index (χ2v) is 6.05. The van der Waals surface area contributed by atoms with Crippen molar-refractivity contribution in [2.24, 2.45) is 0 Å². The van der Waals surface area contributed by atoms with E-state index in [1.54, 1.807) is 0 Å². The molecule has 2 aromatic carbocycles. The molecular weight excluding hydrogens is 258 g/mol. The Morgan fingerprint density at radius 3 is 2.48 bits per heavy atom. The Morgan fingerprint density at radius 1 is 1.00 bits per heavy atom. The first kappa shape index (κ1) is 14.3. The molecule has 0 radical (unpaired) electrons. The van der Waals surface area contributed by atoms with Gasteiger partial charge in [-0.1, -0.05) is 42.8 Å². The molecule has 1 heterocycles. The van der Waals surface area contributed by atoms with Crippen molar-refractivity contribution in [2.45, 2.75) is 32.6 Å². The largest absolute Gasteiger partial charge is 0.303 e. The average Bonchev–Trinajstić information content (AvgIpc) is 2.54. The van der Waals surface area contributed by atoms with Crippen molar-refractivity contribution in [3.8, 4) is 0 Å². The average molecular weight is 281 g/mol. The lowest BCUT2D eigenvalue weighted by molar-refractivity contribution is 0.0960. The lowest BCUT2D eigenvalue weighted by Gasteiger charge is -2.26. The molecule has 0 aromatic heterocycles. The maximum atomic E-state index is 12.6. The van der Waals surface area contributed by atoms with Crippen LogP contribution in [-0.4, -0.2) is 30.3 Å². The second-order valence-electron chi connectivity index (χ2n) is 6.05. The number of fused-ring (bicyclic) bond motifs is 1. The summed E-state index contributed by atoms with van der Waals surface area (Å²) in [6.45, 7) is 5.31. The van der Waals surface area contributed by atoms with Gasteiger partial charge in [-0.15, -0.1) is 0 Å². The number of Topliss-reactive ketones (excluding diaryl/α,β-unsaturated/α-hetero) is 1. The number of carbonyl (C=O) groups excluding carboxylic acids is 1. The highest BCUT2D eigenvalue weighted by Gasteiger charge is 2.14. The van der Waals surface area contributed by atoms with Gasteiger partial charge < -0.3 is 4.90 Å². The van der Waals surface area contributed by atoms with E-state index in [-0.39, 0.29) is 5.78 Å². The molecule has 2 heteroatoms. The van der Waals surface area contributed by atoms with Crippen LogP contribution in [0.25, 0.3) is 10.8 Å². The van der Waals surface area contributed by atoms with Gasteiger partial charge in [0.05, 0.1) is 0 Å². The molecule has 1 aliphatic rings. The van der Waals surface area contributed by atoms with E-state index in [4.69, 9.17) is 0 Å². The van der Waals surface area contributed by atoms with E-state index in [9.17, 15) is 4.79 Å². The molecule has 2 aromatic rings. The summed E-state index contributed by atoms with van der Waals surface area (Å²) in [6.07, 6.45) is 4.53. The Balaban J connectivity index is 1.77. The van der Waals surface area contributed by atoms with Gasteiger partial charge in [0.25, 0.3) is 0 Å². The molecule has 0 bridgehead atoms. The molecule has 0 N–H and O–H groups in total. The fourth-order valence-electron chi connectivity index (χ4n) is 3.27. The number of ketones is 1. The van der Waals surface area contributed by atoms with E-state index in [0.717, 1.165) is 30.6 Å². The molecule has 0 aliphatic carbocycles. The van der Waals surface area contributed by atoms with Crippen molar-refractivity contribution in [3.63, 3.8) is 0 Å². The fourth-order valence-corrected chi connectivity index (χ4v) is 3.27. The minimum atomic E-state index is 0.275. The number of piperidine rings is 1. The molecule has 1 fully saturated rings. The monoisotopic (exact) mass is 281 g/mol. The highest BCUT2D eigenvalue weighted by molar-refractivity contribution is 6.08. The van der Waals surface area contributed by atoms with Gasteiger partial charge in [0.15, 0.2) is 5.78 Å². The molecule has 0 spiro atoms. The number of aryl methyl sites for hydroxylation is 1. The SMILES string of the molecule is Cc1ccc(C(=O)CCN2CCCCC2)c2ccccc12. The lowest BCUT2D eigenvalue weighted by atomic mass is 9.96. The normalized spacial score (nSPS) is 16.2. The summed E-state index contributed by atoms with van der Waals surface area (Å²) in [5, 5.41) is 2.29. The zero-order chi connectivity index (χ0) is 14.7. The van der Waals surface area contributed by atoms with Gasteiger partial charge in [0, 0.05) is 18.5 Å². The highest BCUT2D eigenvalue weighted by Crippen LogP contribution is 2.23. The number of hydrogen-bond donors (Lipinski definition) is 0. The van der Waals surface area contributed by atoms with Crippen molar-refractivity contribution in [3.05, 3.63) is 47.5 Å². The summed E-state index contributed by atoms with van der Waals surface area (Å²) in [7, 11) is 0. The summed E-state index contributed by atoms with van der Waals surface area (Å²) in [6, 6.07) is 12.3. The van der Waals surface area contributed by atoms with E-state index in [0.29, 0.717) is 6.42 Å². The second kappa shape index (κ2) is 6.40. The summed E-state index contributed by atoms with van der Waals surface area (Å²) >= 11 is 0. The number of benzene rings is 2. The smallest absolute Gasteiger partial charge is 0.164 e. The number of carbonyl (C=O) groups is 1. The van der Waals surface area contributed by atoms with Crippen LogP contribution in [0, 0.1) is 6.92 Å². The Bertz CT molecular complexity index is 641. The number of nitrogens with zero attached hydrogens (tertiary/aromatic N) is 1. The van der Waals surface area contributed by atoms with Crippen molar-refractivity contribution >= 4 is 16.6 Å².